The third-order valence-corrected chi connectivity index (χ3v) is 7.77. The summed E-state index contributed by atoms with van der Waals surface area (Å²) < 4.78 is 1.84. The van der Waals surface area contributed by atoms with Crippen LogP contribution in [0, 0.1) is 0 Å². The summed E-state index contributed by atoms with van der Waals surface area (Å²) in [6.45, 7) is 0. The lowest BCUT2D eigenvalue weighted by Crippen LogP contribution is -2.13. The van der Waals surface area contributed by atoms with E-state index in [0.717, 1.165) is 60.6 Å². The molecular formula is C36H22N2O. The molecule has 0 aliphatic heterocycles. The molecule has 0 saturated heterocycles. The summed E-state index contributed by atoms with van der Waals surface area (Å²) >= 11 is 0. The number of imidazole rings is 1. The highest BCUT2D eigenvalue weighted by atomic mass is 16.1. The van der Waals surface area contributed by atoms with E-state index in [2.05, 4.69) is 72.8 Å². The number of aromatic nitrogens is 2. The Morgan fingerprint density at radius 3 is 1.67 bits per heavy atom. The van der Waals surface area contributed by atoms with E-state index in [4.69, 9.17) is 4.98 Å². The Balaban J connectivity index is 1.57. The summed E-state index contributed by atoms with van der Waals surface area (Å²) in [7, 11) is 0. The number of rotatable bonds is 3. The summed E-state index contributed by atoms with van der Waals surface area (Å²) in [5.74, 6) is 0. The predicted octanol–water partition coefficient (Wildman–Crippen LogP) is 8.59. The second kappa shape index (κ2) is 8.37. The van der Waals surface area contributed by atoms with Gasteiger partial charge in [-0.25, -0.2) is 4.98 Å². The van der Waals surface area contributed by atoms with Crippen LogP contribution in [0.5, 0.6) is 0 Å². The lowest BCUT2D eigenvalue weighted by atomic mass is 9.94. The molecule has 0 fully saturated rings. The minimum Gasteiger partial charge on any atom is -0.268 e. The van der Waals surface area contributed by atoms with Gasteiger partial charge in [-0.2, -0.15) is 0 Å². The van der Waals surface area contributed by atoms with Crippen molar-refractivity contribution in [1.82, 2.24) is 9.38 Å². The smallest absolute Gasteiger partial charge is 0.264 e. The summed E-state index contributed by atoms with van der Waals surface area (Å²) in [6.07, 6.45) is 0. The van der Waals surface area contributed by atoms with Crippen LogP contribution < -0.4 is 5.56 Å². The molecule has 39 heavy (non-hydrogen) atoms. The first-order valence-electron chi connectivity index (χ1n) is 13.1. The molecule has 8 aromatic rings. The fraction of sp³-hybridized carbons (Fsp3) is 0. The molecular weight excluding hydrogens is 476 g/mol. The molecule has 0 atom stereocenters. The molecule has 0 aliphatic carbocycles. The van der Waals surface area contributed by atoms with Crippen molar-refractivity contribution < 1.29 is 0 Å². The number of pyridine rings is 1. The Labute approximate surface area is 224 Å². The highest BCUT2D eigenvalue weighted by Gasteiger charge is 2.22. The summed E-state index contributed by atoms with van der Waals surface area (Å²) in [5, 5.41) is 3.72. The Bertz CT molecular complexity index is 2220. The van der Waals surface area contributed by atoms with Gasteiger partial charge >= 0.3 is 0 Å². The number of fused-ring (bicyclic) bond motifs is 4. The largest absolute Gasteiger partial charge is 0.268 e. The zero-order chi connectivity index (χ0) is 25.9. The Kier molecular flexibility index (Phi) is 4.67. The van der Waals surface area contributed by atoms with E-state index in [1.165, 1.54) is 0 Å². The third-order valence-electron chi connectivity index (χ3n) is 7.77. The molecule has 0 aliphatic rings. The van der Waals surface area contributed by atoms with Gasteiger partial charge in [0.05, 0.1) is 11.0 Å². The van der Waals surface area contributed by atoms with Gasteiger partial charge in [0.1, 0.15) is 5.65 Å². The van der Waals surface area contributed by atoms with Crippen molar-refractivity contribution in [2.24, 2.45) is 0 Å². The first-order chi connectivity index (χ1) is 19.3. The fourth-order valence-electron chi connectivity index (χ4n) is 6.02. The van der Waals surface area contributed by atoms with Crippen LogP contribution >= 0.6 is 0 Å². The SMILES string of the molecule is O=c1c2ccc(-c3ccccc3)c3cccc(c32)c2nc3c(-c4ccccc4)ccc(-c4ccccc4)c3n12. The van der Waals surface area contributed by atoms with Crippen LogP contribution in [0.15, 0.2) is 138 Å². The van der Waals surface area contributed by atoms with Crippen LogP contribution in [0.25, 0.3) is 71.6 Å². The van der Waals surface area contributed by atoms with Gasteiger partial charge in [-0.1, -0.05) is 127 Å². The van der Waals surface area contributed by atoms with E-state index >= 15 is 0 Å². The molecule has 0 amide bonds. The van der Waals surface area contributed by atoms with Crippen molar-refractivity contribution in [3.05, 3.63) is 144 Å². The molecule has 0 spiro atoms. The van der Waals surface area contributed by atoms with Crippen molar-refractivity contribution in [3.8, 4) is 33.4 Å². The number of hydrogen-bond donors (Lipinski definition) is 0. The summed E-state index contributed by atoms with van der Waals surface area (Å²) in [6, 6.07) is 45.5. The summed E-state index contributed by atoms with van der Waals surface area (Å²) in [5.41, 5.74) is 8.71. The number of hydrogen-bond acceptors (Lipinski definition) is 2. The van der Waals surface area contributed by atoms with Crippen molar-refractivity contribution >= 4 is 38.2 Å². The molecule has 0 unspecified atom stereocenters. The summed E-state index contributed by atoms with van der Waals surface area (Å²) in [4.78, 5) is 19.6. The molecule has 0 saturated carbocycles. The van der Waals surface area contributed by atoms with Gasteiger partial charge in [0, 0.05) is 27.3 Å². The van der Waals surface area contributed by atoms with Crippen molar-refractivity contribution in [1.29, 1.82) is 0 Å². The highest BCUT2D eigenvalue weighted by Crippen LogP contribution is 2.39. The van der Waals surface area contributed by atoms with E-state index in [1.807, 2.05) is 65.1 Å². The maximum Gasteiger partial charge on any atom is 0.264 e. The molecule has 0 bridgehead atoms. The lowest BCUT2D eigenvalue weighted by molar-refractivity contribution is 1.19. The minimum absolute atomic E-state index is 0.0433. The van der Waals surface area contributed by atoms with E-state index in [0.29, 0.717) is 11.0 Å². The molecule has 0 N–H and O–H groups in total. The van der Waals surface area contributed by atoms with Crippen LogP contribution in [0.4, 0.5) is 0 Å². The van der Waals surface area contributed by atoms with Crippen LogP contribution in [-0.2, 0) is 0 Å². The quantitative estimate of drug-likeness (QED) is 0.244. The van der Waals surface area contributed by atoms with Gasteiger partial charge in [-0.3, -0.25) is 9.20 Å². The molecule has 0 radical (unpaired) electrons. The van der Waals surface area contributed by atoms with Gasteiger partial charge in [0.25, 0.3) is 5.56 Å². The first kappa shape index (κ1) is 21.8. The second-order valence-corrected chi connectivity index (χ2v) is 9.92. The van der Waals surface area contributed by atoms with Gasteiger partial charge in [0.2, 0.25) is 0 Å². The number of benzene rings is 6. The minimum atomic E-state index is -0.0433. The van der Waals surface area contributed by atoms with Crippen molar-refractivity contribution in [2.45, 2.75) is 0 Å². The molecule has 2 heterocycles. The predicted molar refractivity (Wildman–Crippen MR) is 161 cm³/mol. The Morgan fingerprint density at radius 2 is 1.00 bits per heavy atom. The van der Waals surface area contributed by atoms with Crippen LogP contribution in [0.2, 0.25) is 0 Å². The van der Waals surface area contributed by atoms with Crippen molar-refractivity contribution in [3.63, 3.8) is 0 Å². The molecule has 2 aromatic heterocycles. The van der Waals surface area contributed by atoms with E-state index in [9.17, 15) is 4.79 Å². The van der Waals surface area contributed by atoms with E-state index in [1.54, 1.807) is 0 Å². The van der Waals surface area contributed by atoms with Gasteiger partial charge < -0.3 is 0 Å². The fourth-order valence-corrected chi connectivity index (χ4v) is 6.02. The maximum absolute atomic E-state index is 14.4. The van der Waals surface area contributed by atoms with Crippen LogP contribution in [0.1, 0.15) is 0 Å². The maximum atomic E-state index is 14.4. The van der Waals surface area contributed by atoms with Gasteiger partial charge in [-0.15, -0.1) is 0 Å². The van der Waals surface area contributed by atoms with Crippen LogP contribution in [-0.4, -0.2) is 9.38 Å². The first-order valence-corrected chi connectivity index (χ1v) is 13.1. The third kappa shape index (κ3) is 3.17. The zero-order valence-corrected chi connectivity index (χ0v) is 21.0. The van der Waals surface area contributed by atoms with Crippen LogP contribution in [0.3, 0.4) is 0 Å². The normalized spacial score (nSPS) is 11.7. The second-order valence-electron chi connectivity index (χ2n) is 9.92. The van der Waals surface area contributed by atoms with Gasteiger partial charge in [-0.05, 0) is 33.7 Å². The topological polar surface area (TPSA) is 34.4 Å². The zero-order valence-electron chi connectivity index (χ0n) is 21.0. The molecule has 8 rings (SSSR count). The van der Waals surface area contributed by atoms with E-state index < -0.39 is 0 Å². The average Bonchev–Trinajstić information content (AvgIpc) is 3.42. The standard InChI is InChI=1S/C36H22N2O/c39-36-31-22-19-26(23-11-4-1-5-12-23)29-17-10-18-30(32(29)31)35-37-33-27(24-13-6-2-7-14-24)20-21-28(34(33)38(35)36)25-15-8-3-9-16-25/h1-22H. The Hall–Kier alpha value is -5.28. The van der Waals surface area contributed by atoms with E-state index in [-0.39, 0.29) is 5.56 Å². The van der Waals surface area contributed by atoms with Gasteiger partial charge in [0.15, 0.2) is 0 Å². The highest BCUT2D eigenvalue weighted by molar-refractivity contribution is 6.20. The molecule has 3 heteroatoms. The monoisotopic (exact) mass is 498 g/mol. The number of nitrogens with zero attached hydrogens (tertiary/aromatic N) is 2. The molecule has 182 valence electrons. The average molecular weight is 499 g/mol. The molecule has 3 nitrogen and oxygen atoms in total. The van der Waals surface area contributed by atoms with Crippen molar-refractivity contribution in [2.75, 3.05) is 0 Å². The molecule has 6 aromatic carbocycles. The lowest BCUT2D eigenvalue weighted by Gasteiger charge is -2.12. The Morgan fingerprint density at radius 1 is 0.462 bits per heavy atom.